The number of aryl methyl sites for hydroxylation is 1. The Bertz CT molecular complexity index is 833. The lowest BCUT2D eigenvalue weighted by molar-refractivity contribution is -0.121. The predicted molar refractivity (Wildman–Crippen MR) is 97.4 cm³/mol. The largest absolute Gasteiger partial charge is 0.497 e. The van der Waals surface area contributed by atoms with Crippen LogP contribution in [0.2, 0.25) is 0 Å². The van der Waals surface area contributed by atoms with Gasteiger partial charge in [-0.15, -0.1) is 10.2 Å². The number of hydrogen-bond donors (Lipinski definition) is 1. The number of nitrogens with zero attached hydrogens (tertiary/aromatic N) is 2. The van der Waals surface area contributed by atoms with Gasteiger partial charge in [0.15, 0.2) is 0 Å². The first kappa shape index (κ1) is 17.9. The number of ether oxygens (including phenoxy) is 2. The van der Waals surface area contributed by atoms with E-state index < -0.39 is 0 Å². The Balaban J connectivity index is 1.35. The number of nitrogens with one attached hydrogen (secondary N) is 1. The standard InChI is InChI=1S/C18H19N3O4S/c1-23-14-3-2-4-15(11-14)24-9-8-19-16(22)5-6-17-20-21-18(25-17)13-7-10-26-12-13/h2-4,7,10-12H,5-6,8-9H2,1H3,(H,19,22). The molecule has 26 heavy (non-hydrogen) atoms. The molecule has 7 nitrogen and oxygen atoms in total. The first-order chi connectivity index (χ1) is 12.7. The lowest BCUT2D eigenvalue weighted by Gasteiger charge is -2.08. The Morgan fingerprint density at radius 3 is 2.96 bits per heavy atom. The van der Waals surface area contributed by atoms with Crippen molar-refractivity contribution in [1.82, 2.24) is 15.5 Å². The van der Waals surface area contributed by atoms with Crippen LogP contribution in [-0.4, -0.2) is 36.4 Å². The summed E-state index contributed by atoms with van der Waals surface area (Å²) in [6, 6.07) is 9.24. The van der Waals surface area contributed by atoms with Crippen molar-refractivity contribution in [3.8, 4) is 23.0 Å². The molecule has 3 aromatic rings. The van der Waals surface area contributed by atoms with Crippen LogP contribution in [0.25, 0.3) is 11.5 Å². The maximum Gasteiger partial charge on any atom is 0.248 e. The molecule has 0 spiro atoms. The zero-order chi connectivity index (χ0) is 18.2. The second kappa shape index (κ2) is 9.00. The van der Waals surface area contributed by atoms with E-state index in [1.54, 1.807) is 24.5 Å². The number of hydrogen-bond acceptors (Lipinski definition) is 7. The summed E-state index contributed by atoms with van der Waals surface area (Å²) in [7, 11) is 1.60. The Kier molecular flexibility index (Phi) is 6.21. The maximum atomic E-state index is 11.9. The Morgan fingerprint density at radius 1 is 1.27 bits per heavy atom. The summed E-state index contributed by atoms with van der Waals surface area (Å²) in [4.78, 5) is 11.9. The summed E-state index contributed by atoms with van der Waals surface area (Å²) < 4.78 is 16.3. The first-order valence-corrected chi connectivity index (χ1v) is 9.07. The van der Waals surface area contributed by atoms with Crippen LogP contribution in [0.15, 0.2) is 45.5 Å². The monoisotopic (exact) mass is 373 g/mol. The number of carbonyl (C=O) groups is 1. The summed E-state index contributed by atoms with van der Waals surface area (Å²) in [5.74, 6) is 2.27. The van der Waals surface area contributed by atoms with E-state index in [-0.39, 0.29) is 12.3 Å². The molecule has 3 rings (SSSR count). The van der Waals surface area contributed by atoms with Gasteiger partial charge in [0.1, 0.15) is 18.1 Å². The Morgan fingerprint density at radius 2 is 2.15 bits per heavy atom. The number of carbonyl (C=O) groups excluding carboxylic acids is 1. The van der Waals surface area contributed by atoms with Gasteiger partial charge in [0.2, 0.25) is 17.7 Å². The van der Waals surface area contributed by atoms with E-state index in [9.17, 15) is 4.79 Å². The second-order valence-corrected chi connectivity index (χ2v) is 6.17. The van der Waals surface area contributed by atoms with Crippen LogP contribution in [0.3, 0.4) is 0 Å². The van der Waals surface area contributed by atoms with E-state index in [1.807, 2.05) is 35.0 Å². The van der Waals surface area contributed by atoms with Crippen LogP contribution in [-0.2, 0) is 11.2 Å². The van der Waals surface area contributed by atoms with Gasteiger partial charge in [-0.25, -0.2) is 0 Å². The Labute approximate surface area is 155 Å². The van der Waals surface area contributed by atoms with Crippen LogP contribution < -0.4 is 14.8 Å². The number of thiophene rings is 1. The molecule has 1 aromatic carbocycles. The summed E-state index contributed by atoms with van der Waals surface area (Å²) in [6.45, 7) is 0.793. The van der Waals surface area contributed by atoms with Gasteiger partial charge < -0.3 is 19.2 Å². The topological polar surface area (TPSA) is 86.5 Å². The van der Waals surface area contributed by atoms with E-state index in [1.165, 1.54) is 0 Å². The highest BCUT2D eigenvalue weighted by molar-refractivity contribution is 7.08. The summed E-state index contributed by atoms with van der Waals surface area (Å²) in [5, 5.41) is 14.6. The maximum absolute atomic E-state index is 11.9. The average Bonchev–Trinajstić information content (AvgIpc) is 3.35. The molecule has 2 aromatic heterocycles. The van der Waals surface area contributed by atoms with Gasteiger partial charge in [-0.2, -0.15) is 11.3 Å². The van der Waals surface area contributed by atoms with Crippen LogP contribution in [0.1, 0.15) is 12.3 Å². The third-order valence-electron chi connectivity index (χ3n) is 3.54. The van der Waals surface area contributed by atoms with E-state index in [4.69, 9.17) is 13.9 Å². The van der Waals surface area contributed by atoms with E-state index in [0.717, 1.165) is 11.3 Å². The summed E-state index contributed by atoms with van der Waals surface area (Å²) in [6.07, 6.45) is 0.685. The van der Waals surface area contributed by atoms with Crippen molar-refractivity contribution in [3.63, 3.8) is 0 Å². The zero-order valence-corrected chi connectivity index (χ0v) is 15.1. The van der Waals surface area contributed by atoms with Crippen LogP contribution in [0, 0.1) is 0 Å². The van der Waals surface area contributed by atoms with Crippen molar-refractivity contribution < 1.29 is 18.7 Å². The third kappa shape index (κ3) is 5.06. The number of rotatable bonds is 9. The van der Waals surface area contributed by atoms with Crippen molar-refractivity contribution in [3.05, 3.63) is 47.0 Å². The van der Waals surface area contributed by atoms with Crippen molar-refractivity contribution in [1.29, 1.82) is 0 Å². The highest BCUT2D eigenvalue weighted by Crippen LogP contribution is 2.21. The predicted octanol–water partition coefficient (Wildman–Crippen LogP) is 2.93. The molecule has 1 amide bonds. The van der Waals surface area contributed by atoms with Crippen LogP contribution in [0.5, 0.6) is 11.5 Å². The smallest absolute Gasteiger partial charge is 0.248 e. The van der Waals surface area contributed by atoms with E-state index in [0.29, 0.717) is 37.1 Å². The molecule has 136 valence electrons. The fraction of sp³-hybridized carbons (Fsp3) is 0.278. The van der Waals surface area contributed by atoms with Gasteiger partial charge >= 0.3 is 0 Å². The van der Waals surface area contributed by atoms with Gasteiger partial charge in [-0.05, 0) is 23.6 Å². The molecule has 1 N–H and O–H groups in total. The minimum absolute atomic E-state index is 0.0884. The van der Waals surface area contributed by atoms with Crippen LogP contribution >= 0.6 is 11.3 Å². The molecule has 0 aliphatic rings. The second-order valence-electron chi connectivity index (χ2n) is 5.39. The van der Waals surface area contributed by atoms with Crippen molar-refractivity contribution in [2.24, 2.45) is 0 Å². The van der Waals surface area contributed by atoms with Gasteiger partial charge in [0, 0.05) is 29.9 Å². The van der Waals surface area contributed by atoms with Gasteiger partial charge in [-0.3, -0.25) is 4.79 Å². The minimum atomic E-state index is -0.0884. The fourth-order valence-electron chi connectivity index (χ4n) is 2.22. The Hall–Kier alpha value is -2.87. The number of methoxy groups -OCH3 is 1. The van der Waals surface area contributed by atoms with Gasteiger partial charge in [0.05, 0.1) is 13.7 Å². The van der Waals surface area contributed by atoms with E-state index in [2.05, 4.69) is 15.5 Å². The van der Waals surface area contributed by atoms with Crippen LogP contribution in [0.4, 0.5) is 0 Å². The molecule has 0 atom stereocenters. The molecule has 8 heteroatoms. The van der Waals surface area contributed by atoms with Gasteiger partial charge in [-0.1, -0.05) is 6.07 Å². The molecule has 0 radical (unpaired) electrons. The molecule has 0 saturated heterocycles. The van der Waals surface area contributed by atoms with E-state index >= 15 is 0 Å². The summed E-state index contributed by atoms with van der Waals surface area (Å²) >= 11 is 1.56. The summed E-state index contributed by atoms with van der Waals surface area (Å²) in [5.41, 5.74) is 0.896. The first-order valence-electron chi connectivity index (χ1n) is 8.13. The molecular weight excluding hydrogens is 354 g/mol. The van der Waals surface area contributed by atoms with Crippen molar-refractivity contribution in [2.75, 3.05) is 20.3 Å². The average molecular weight is 373 g/mol. The molecule has 0 aliphatic heterocycles. The number of amides is 1. The van der Waals surface area contributed by atoms with Crippen molar-refractivity contribution in [2.45, 2.75) is 12.8 Å². The minimum Gasteiger partial charge on any atom is -0.497 e. The lowest BCUT2D eigenvalue weighted by atomic mass is 10.3. The quantitative estimate of drug-likeness (QED) is 0.581. The molecule has 0 unspecified atom stereocenters. The zero-order valence-electron chi connectivity index (χ0n) is 14.3. The normalized spacial score (nSPS) is 10.5. The number of aromatic nitrogens is 2. The fourth-order valence-corrected chi connectivity index (χ4v) is 2.85. The highest BCUT2D eigenvalue weighted by Gasteiger charge is 2.10. The molecular formula is C18H19N3O4S. The van der Waals surface area contributed by atoms with Gasteiger partial charge in [0.25, 0.3) is 0 Å². The number of benzene rings is 1. The molecule has 0 saturated carbocycles. The van der Waals surface area contributed by atoms with Crippen molar-refractivity contribution >= 4 is 17.2 Å². The molecule has 2 heterocycles. The SMILES string of the molecule is COc1cccc(OCCNC(=O)CCc2nnc(-c3ccsc3)o2)c1. The lowest BCUT2D eigenvalue weighted by Crippen LogP contribution is -2.28. The third-order valence-corrected chi connectivity index (χ3v) is 4.22. The molecule has 0 aliphatic carbocycles. The molecule has 0 bridgehead atoms. The molecule has 0 fully saturated rings. The highest BCUT2D eigenvalue weighted by atomic mass is 32.1.